The lowest BCUT2D eigenvalue weighted by Crippen LogP contribution is -2.10. The molecule has 0 saturated heterocycles. The Bertz CT molecular complexity index is 655. The number of carbonyl (C=O) groups excluding carboxylic acids is 1. The first kappa shape index (κ1) is 15.6. The van der Waals surface area contributed by atoms with E-state index < -0.39 is 0 Å². The van der Waals surface area contributed by atoms with Crippen molar-refractivity contribution in [2.75, 3.05) is 10.6 Å². The summed E-state index contributed by atoms with van der Waals surface area (Å²) in [4.78, 5) is 11.1. The van der Waals surface area contributed by atoms with Crippen molar-refractivity contribution in [2.45, 2.75) is 26.8 Å². The van der Waals surface area contributed by atoms with E-state index in [4.69, 9.17) is 0 Å². The van der Waals surface area contributed by atoms with Gasteiger partial charge in [-0.2, -0.15) is 0 Å². The maximum absolute atomic E-state index is 11.1. The van der Waals surface area contributed by atoms with Gasteiger partial charge in [-0.15, -0.1) is 0 Å². The Morgan fingerprint density at radius 3 is 2.67 bits per heavy atom. The van der Waals surface area contributed by atoms with Gasteiger partial charge in [-0.05, 0) is 49.2 Å². The standard InChI is InChI=1S/C17H19BrN2O/c1-11-7-8-15(18)10-17(11)19-12(2)14-5-4-6-16(9-14)20-13(3)21/h4-10,12,19H,1-3H3,(H,20,21). The molecule has 0 heterocycles. The predicted molar refractivity (Wildman–Crippen MR) is 91.7 cm³/mol. The average molecular weight is 347 g/mol. The lowest BCUT2D eigenvalue weighted by atomic mass is 10.1. The van der Waals surface area contributed by atoms with Crippen LogP contribution in [0.4, 0.5) is 11.4 Å². The predicted octanol–water partition coefficient (Wildman–Crippen LogP) is 4.89. The molecule has 2 aromatic carbocycles. The van der Waals surface area contributed by atoms with Crippen LogP contribution in [-0.2, 0) is 4.79 Å². The Morgan fingerprint density at radius 1 is 1.19 bits per heavy atom. The number of rotatable bonds is 4. The third-order valence-electron chi connectivity index (χ3n) is 3.28. The van der Waals surface area contributed by atoms with E-state index in [2.05, 4.69) is 58.6 Å². The van der Waals surface area contributed by atoms with Gasteiger partial charge in [-0.25, -0.2) is 0 Å². The summed E-state index contributed by atoms with van der Waals surface area (Å²) in [5, 5.41) is 6.32. The topological polar surface area (TPSA) is 41.1 Å². The molecular formula is C17H19BrN2O. The molecule has 110 valence electrons. The van der Waals surface area contributed by atoms with Crippen molar-refractivity contribution in [3.63, 3.8) is 0 Å². The minimum absolute atomic E-state index is 0.0596. The highest BCUT2D eigenvalue weighted by Crippen LogP contribution is 2.26. The van der Waals surface area contributed by atoms with Crippen molar-refractivity contribution in [3.05, 3.63) is 58.1 Å². The van der Waals surface area contributed by atoms with Crippen LogP contribution in [0.15, 0.2) is 46.9 Å². The van der Waals surface area contributed by atoms with Gasteiger partial charge in [0.2, 0.25) is 5.91 Å². The molecule has 0 saturated carbocycles. The molecule has 0 aliphatic heterocycles. The van der Waals surface area contributed by atoms with E-state index in [0.29, 0.717) is 0 Å². The Morgan fingerprint density at radius 2 is 1.95 bits per heavy atom. The monoisotopic (exact) mass is 346 g/mol. The minimum Gasteiger partial charge on any atom is -0.378 e. The zero-order valence-electron chi connectivity index (χ0n) is 12.4. The van der Waals surface area contributed by atoms with Crippen LogP contribution in [0.5, 0.6) is 0 Å². The van der Waals surface area contributed by atoms with Crippen LogP contribution in [0.2, 0.25) is 0 Å². The first-order valence-corrected chi connectivity index (χ1v) is 7.65. The second-order valence-electron chi connectivity index (χ2n) is 5.13. The zero-order valence-corrected chi connectivity index (χ0v) is 14.0. The SMILES string of the molecule is CC(=O)Nc1cccc(C(C)Nc2cc(Br)ccc2C)c1. The summed E-state index contributed by atoms with van der Waals surface area (Å²) in [6.45, 7) is 5.70. The van der Waals surface area contributed by atoms with Crippen molar-refractivity contribution in [2.24, 2.45) is 0 Å². The first-order chi connectivity index (χ1) is 9.95. The van der Waals surface area contributed by atoms with E-state index in [1.807, 2.05) is 24.3 Å². The molecule has 0 bridgehead atoms. The highest BCUT2D eigenvalue weighted by Gasteiger charge is 2.08. The van der Waals surface area contributed by atoms with E-state index in [0.717, 1.165) is 21.4 Å². The summed E-state index contributed by atoms with van der Waals surface area (Å²) >= 11 is 3.49. The number of aryl methyl sites for hydroxylation is 1. The zero-order chi connectivity index (χ0) is 15.4. The van der Waals surface area contributed by atoms with E-state index in [1.165, 1.54) is 12.5 Å². The van der Waals surface area contributed by atoms with Crippen LogP contribution in [0.1, 0.15) is 31.0 Å². The number of hydrogen-bond donors (Lipinski definition) is 2. The molecule has 1 unspecified atom stereocenters. The van der Waals surface area contributed by atoms with Crippen LogP contribution >= 0.6 is 15.9 Å². The molecule has 0 radical (unpaired) electrons. The van der Waals surface area contributed by atoms with Gasteiger partial charge in [0.25, 0.3) is 0 Å². The number of nitrogens with one attached hydrogen (secondary N) is 2. The molecule has 21 heavy (non-hydrogen) atoms. The third-order valence-corrected chi connectivity index (χ3v) is 3.77. The quantitative estimate of drug-likeness (QED) is 0.827. The van der Waals surface area contributed by atoms with Crippen LogP contribution in [0.25, 0.3) is 0 Å². The molecule has 2 aromatic rings. The molecular weight excluding hydrogens is 328 g/mol. The fourth-order valence-corrected chi connectivity index (χ4v) is 2.52. The van der Waals surface area contributed by atoms with Gasteiger partial charge < -0.3 is 10.6 Å². The van der Waals surface area contributed by atoms with Crippen molar-refractivity contribution < 1.29 is 4.79 Å². The Hall–Kier alpha value is -1.81. The highest BCUT2D eigenvalue weighted by atomic mass is 79.9. The molecule has 3 nitrogen and oxygen atoms in total. The Kier molecular flexibility index (Phi) is 5.02. The summed E-state index contributed by atoms with van der Waals surface area (Å²) in [5.74, 6) is -0.0596. The summed E-state index contributed by atoms with van der Waals surface area (Å²) in [6.07, 6.45) is 0. The Balaban J connectivity index is 2.18. The third kappa shape index (κ3) is 4.33. The van der Waals surface area contributed by atoms with Gasteiger partial charge in [0.05, 0.1) is 0 Å². The molecule has 2 rings (SSSR count). The fraction of sp³-hybridized carbons (Fsp3) is 0.235. The van der Waals surface area contributed by atoms with E-state index in [1.54, 1.807) is 0 Å². The second-order valence-corrected chi connectivity index (χ2v) is 6.05. The normalized spacial score (nSPS) is 11.8. The van der Waals surface area contributed by atoms with Crippen molar-refractivity contribution in [3.8, 4) is 0 Å². The van der Waals surface area contributed by atoms with Crippen LogP contribution in [0.3, 0.4) is 0 Å². The number of anilines is 2. The molecule has 0 aromatic heterocycles. The number of hydrogen-bond acceptors (Lipinski definition) is 2. The van der Waals surface area contributed by atoms with Gasteiger partial charge in [-0.1, -0.05) is 34.1 Å². The van der Waals surface area contributed by atoms with Crippen LogP contribution in [-0.4, -0.2) is 5.91 Å². The minimum atomic E-state index is -0.0596. The van der Waals surface area contributed by atoms with Crippen molar-refractivity contribution in [1.29, 1.82) is 0 Å². The highest BCUT2D eigenvalue weighted by molar-refractivity contribution is 9.10. The number of halogens is 1. The molecule has 2 N–H and O–H groups in total. The first-order valence-electron chi connectivity index (χ1n) is 6.86. The van der Waals surface area contributed by atoms with Gasteiger partial charge in [0.1, 0.15) is 0 Å². The van der Waals surface area contributed by atoms with Crippen LogP contribution < -0.4 is 10.6 Å². The second kappa shape index (κ2) is 6.76. The molecule has 0 spiro atoms. The summed E-state index contributed by atoms with van der Waals surface area (Å²) in [6, 6.07) is 14.2. The largest absolute Gasteiger partial charge is 0.378 e. The number of amides is 1. The maximum Gasteiger partial charge on any atom is 0.221 e. The van der Waals surface area contributed by atoms with E-state index >= 15 is 0 Å². The number of benzene rings is 2. The summed E-state index contributed by atoms with van der Waals surface area (Å²) in [5.41, 5.74) is 4.24. The maximum atomic E-state index is 11.1. The molecule has 0 aliphatic carbocycles. The molecule has 0 aliphatic rings. The summed E-state index contributed by atoms with van der Waals surface area (Å²) in [7, 11) is 0. The van der Waals surface area contributed by atoms with Gasteiger partial charge in [0, 0.05) is 28.8 Å². The molecule has 0 fully saturated rings. The van der Waals surface area contributed by atoms with Gasteiger partial charge in [0.15, 0.2) is 0 Å². The van der Waals surface area contributed by atoms with Gasteiger partial charge >= 0.3 is 0 Å². The lowest BCUT2D eigenvalue weighted by Gasteiger charge is -2.18. The lowest BCUT2D eigenvalue weighted by molar-refractivity contribution is -0.114. The molecule has 1 atom stereocenters. The van der Waals surface area contributed by atoms with Crippen molar-refractivity contribution in [1.82, 2.24) is 0 Å². The van der Waals surface area contributed by atoms with E-state index in [-0.39, 0.29) is 11.9 Å². The van der Waals surface area contributed by atoms with Crippen LogP contribution in [0, 0.1) is 6.92 Å². The molecule has 4 heteroatoms. The van der Waals surface area contributed by atoms with E-state index in [9.17, 15) is 4.79 Å². The van der Waals surface area contributed by atoms with Gasteiger partial charge in [-0.3, -0.25) is 4.79 Å². The Labute approximate surface area is 133 Å². The average Bonchev–Trinajstić information content (AvgIpc) is 2.42. The molecule has 1 amide bonds. The summed E-state index contributed by atoms with van der Waals surface area (Å²) < 4.78 is 1.05. The fourth-order valence-electron chi connectivity index (χ4n) is 2.16. The van der Waals surface area contributed by atoms with Crippen molar-refractivity contribution >= 4 is 33.2 Å². The smallest absolute Gasteiger partial charge is 0.221 e. The number of carbonyl (C=O) groups is 1.